The van der Waals surface area contributed by atoms with Crippen LogP contribution in [-0.4, -0.2) is 44.3 Å². The van der Waals surface area contributed by atoms with Gasteiger partial charge in [0, 0.05) is 11.1 Å². The lowest BCUT2D eigenvalue weighted by Gasteiger charge is -2.25. The number of carboxylic acids is 4. The van der Waals surface area contributed by atoms with Crippen molar-refractivity contribution in [1.29, 1.82) is 0 Å². The molecular formula is C24H36O8. The lowest BCUT2D eigenvalue weighted by atomic mass is 9.80. The Hall–Kier alpha value is -2.64. The fourth-order valence-corrected chi connectivity index (χ4v) is 4.82. The average molecular weight is 453 g/mol. The number of aliphatic carboxylic acids is 4. The van der Waals surface area contributed by atoms with Crippen LogP contribution in [0.5, 0.6) is 0 Å². The van der Waals surface area contributed by atoms with Gasteiger partial charge >= 0.3 is 23.9 Å². The van der Waals surface area contributed by atoms with Crippen LogP contribution >= 0.6 is 0 Å². The summed E-state index contributed by atoms with van der Waals surface area (Å²) in [6.07, 6.45) is 9.54. The number of rotatable bonds is 9. The molecule has 2 aliphatic carbocycles. The molecule has 0 aromatic heterocycles. The largest absolute Gasteiger partial charge is 0.481 e. The van der Waals surface area contributed by atoms with E-state index in [1.54, 1.807) is 6.92 Å². The summed E-state index contributed by atoms with van der Waals surface area (Å²) >= 11 is 0. The maximum atomic E-state index is 11.2. The maximum absolute atomic E-state index is 11.2. The summed E-state index contributed by atoms with van der Waals surface area (Å²) in [4.78, 5) is 43.3. The molecule has 32 heavy (non-hydrogen) atoms. The van der Waals surface area contributed by atoms with Crippen molar-refractivity contribution in [3.63, 3.8) is 0 Å². The summed E-state index contributed by atoms with van der Waals surface area (Å²) in [6.45, 7) is 3.66. The highest BCUT2D eigenvalue weighted by molar-refractivity contribution is 5.93. The maximum Gasteiger partial charge on any atom is 0.332 e. The molecule has 0 radical (unpaired) electrons. The topological polar surface area (TPSA) is 149 Å². The van der Waals surface area contributed by atoms with Crippen LogP contribution in [0.25, 0.3) is 0 Å². The molecule has 0 saturated heterocycles. The third-order valence-electron chi connectivity index (χ3n) is 6.48. The Kier molecular flexibility index (Phi) is 11.7. The summed E-state index contributed by atoms with van der Waals surface area (Å²) in [6, 6.07) is 0. The molecule has 0 spiro atoms. The van der Waals surface area contributed by atoms with E-state index in [1.165, 1.54) is 6.42 Å². The summed E-state index contributed by atoms with van der Waals surface area (Å²) in [7, 11) is 0. The minimum Gasteiger partial charge on any atom is -0.481 e. The van der Waals surface area contributed by atoms with Crippen LogP contribution in [0.15, 0.2) is 22.3 Å². The standard InChI is InChI=1S/C13H20O4.C11H16O4/c1-2-10(9-6-4-3-5-7-9)11(13(16)17)8-12(14)15;1-7(8-4-2-3-5-8)9(11(14)15)6-10(12)13/h9H,2-8H2,1H3,(H,14,15)(H,16,17);8H,2-6H2,1H3,(H,12,13)(H,14,15). The minimum atomic E-state index is -1.10. The van der Waals surface area contributed by atoms with Gasteiger partial charge in [-0.15, -0.1) is 0 Å². The Morgan fingerprint density at radius 2 is 1.06 bits per heavy atom. The van der Waals surface area contributed by atoms with Gasteiger partial charge in [-0.1, -0.05) is 50.2 Å². The molecule has 0 amide bonds. The molecule has 0 bridgehead atoms. The molecule has 2 aliphatic rings. The Morgan fingerprint density at radius 1 is 0.656 bits per heavy atom. The van der Waals surface area contributed by atoms with Gasteiger partial charge < -0.3 is 20.4 Å². The highest BCUT2D eigenvalue weighted by Crippen LogP contribution is 2.34. The first-order valence-corrected chi connectivity index (χ1v) is 11.4. The number of carbonyl (C=O) groups is 4. The lowest BCUT2D eigenvalue weighted by molar-refractivity contribution is -0.139. The molecule has 0 aliphatic heterocycles. The average Bonchev–Trinajstić information content (AvgIpc) is 3.27. The van der Waals surface area contributed by atoms with Crippen LogP contribution < -0.4 is 0 Å². The van der Waals surface area contributed by atoms with E-state index in [0.717, 1.165) is 62.5 Å². The van der Waals surface area contributed by atoms with Crippen LogP contribution in [0.1, 0.15) is 90.9 Å². The van der Waals surface area contributed by atoms with E-state index in [1.807, 2.05) is 6.92 Å². The van der Waals surface area contributed by atoms with Crippen LogP contribution in [0.2, 0.25) is 0 Å². The van der Waals surface area contributed by atoms with Crippen molar-refractivity contribution in [3.05, 3.63) is 22.3 Å². The van der Waals surface area contributed by atoms with Crippen molar-refractivity contribution in [3.8, 4) is 0 Å². The Balaban J connectivity index is 0.000000323. The predicted octanol–water partition coefficient (Wildman–Crippen LogP) is 4.89. The third kappa shape index (κ3) is 8.85. The molecule has 0 aromatic carbocycles. The predicted molar refractivity (Wildman–Crippen MR) is 118 cm³/mol. The lowest BCUT2D eigenvalue weighted by Crippen LogP contribution is -2.16. The van der Waals surface area contributed by atoms with E-state index in [9.17, 15) is 19.2 Å². The third-order valence-corrected chi connectivity index (χ3v) is 6.48. The van der Waals surface area contributed by atoms with Gasteiger partial charge in [-0.25, -0.2) is 9.59 Å². The summed E-state index contributed by atoms with van der Waals surface area (Å²) in [5.74, 6) is -3.76. The van der Waals surface area contributed by atoms with E-state index >= 15 is 0 Å². The molecule has 8 nitrogen and oxygen atoms in total. The van der Waals surface area contributed by atoms with E-state index in [0.29, 0.717) is 6.42 Å². The molecule has 8 heteroatoms. The fraction of sp³-hybridized carbons (Fsp3) is 0.667. The van der Waals surface area contributed by atoms with E-state index in [4.69, 9.17) is 20.4 Å². The van der Waals surface area contributed by atoms with Gasteiger partial charge in [0.1, 0.15) is 0 Å². The van der Waals surface area contributed by atoms with Gasteiger partial charge in [0.05, 0.1) is 12.8 Å². The van der Waals surface area contributed by atoms with Gasteiger partial charge in [-0.2, -0.15) is 0 Å². The number of carboxylic acid groups (broad SMARTS) is 4. The SMILES string of the molecule is CC(=C(CC(=O)O)C(=O)O)C1CCCC1.CCC(=C(CC(=O)O)C(=O)O)C1CCCCC1. The van der Waals surface area contributed by atoms with Gasteiger partial charge in [-0.05, 0) is 50.9 Å². The summed E-state index contributed by atoms with van der Waals surface area (Å²) in [5, 5.41) is 35.5. The summed E-state index contributed by atoms with van der Waals surface area (Å²) < 4.78 is 0. The Labute approximate surface area is 189 Å². The molecule has 180 valence electrons. The normalized spacial score (nSPS) is 18.7. The fourth-order valence-electron chi connectivity index (χ4n) is 4.82. The monoisotopic (exact) mass is 452 g/mol. The summed E-state index contributed by atoms with van der Waals surface area (Å²) in [5.41, 5.74) is 1.77. The molecule has 4 N–H and O–H groups in total. The molecule has 0 unspecified atom stereocenters. The number of hydrogen-bond donors (Lipinski definition) is 4. The second-order valence-corrected chi connectivity index (χ2v) is 8.59. The van der Waals surface area contributed by atoms with Crippen LogP contribution in [-0.2, 0) is 19.2 Å². The first-order valence-electron chi connectivity index (χ1n) is 11.4. The minimum absolute atomic E-state index is 0.0643. The highest BCUT2D eigenvalue weighted by Gasteiger charge is 2.25. The first kappa shape index (κ1) is 27.4. The Morgan fingerprint density at radius 3 is 1.47 bits per heavy atom. The van der Waals surface area contributed by atoms with Gasteiger partial charge in [0.2, 0.25) is 0 Å². The smallest absolute Gasteiger partial charge is 0.332 e. The number of allylic oxidation sites excluding steroid dienone is 2. The molecule has 2 saturated carbocycles. The van der Waals surface area contributed by atoms with E-state index < -0.39 is 23.9 Å². The highest BCUT2D eigenvalue weighted by atomic mass is 16.4. The van der Waals surface area contributed by atoms with Crippen LogP contribution in [0, 0.1) is 11.8 Å². The van der Waals surface area contributed by atoms with Gasteiger partial charge in [0.15, 0.2) is 0 Å². The van der Waals surface area contributed by atoms with Gasteiger partial charge in [0.25, 0.3) is 0 Å². The molecule has 0 heterocycles. The zero-order valence-corrected chi connectivity index (χ0v) is 19.1. The van der Waals surface area contributed by atoms with Crippen molar-refractivity contribution in [1.82, 2.24) is 0 Å². The van der Waals surface area contributed by atoms with Crippen LogP contribution in [0.3, 0.4) is 0 Å². The van der Waals surface area contributed by atoms with E-state index in [-0.39, 0.29) is 35.8 Å². The van der Waals surface area contributed by atoms with Gasteiger partial charge in [-0.3, -0.25) is 9.59 Å². The molecule has 0 aromatic rings. The first-order chi connectivity index (χ1) is 15.1. The van der Waals surface area contributed by atoms with E-state index in [2.05, 4.69) is 0 Å². The zero-order chi connectivity index (χ0) is 24.3. The Bertz CT molecular complexity index is 750. The van der Waals surface area contributed by atoms with Crippen molar-refractivity contribution in [2.45, 2.75) is 90.9 Å². The van der Waals surface area contributed by atoms with Crippen molar-refractivity contribution in [2.75, 3.05) is 0 Å². The van der Waals surface area contributed by atoms with Crippen molar-refractivity contribution >= 4 is 23.9 Å². The molecule has 2 rings (SSSR count). The van der Waals surface area contributed by atoms with Crippen molar-refractivity contribution < 1.29 is 39.6 Å². The second kappa shape index (κ2) is 13.7. The molecular weight excluding hydrogens is 416 g/mol. The second-order valence-electron chi connectivity index (χ2n) is 8.59. The molecule has 2 fully saturated rings. The quantitative estimate of drug-likeness (QED) is 0.361. The van der Waals surface area contributed by atoms with Crippen LogP contribution in [0.4, 0.5) is 0 Å². The molecule has 0 atom stereocenters. The zero-order valence-electron chi connectivity index (χ0n) is 19.1. The van der Waals surface area contributed by atoms with Crippen molar-refractivity contribution in [2.24, 2.45) is 11.8 Å². The number of hydrogen-bond acceptors (Lipinski definition) is 4.